The summed E-state index contributed by atoms with van der Waals surface area (Å²) in [5.41, 5.74) is -1.17. The van der Waals surface area contributed by atoms with Crippen LogP contribution in [0.4, 0.5) is 0 Å². The number of aliphatic carboxylic acids is 1. The Morgan fingerprint density at radius 2 is 1.86 bits per heavy atom. The van der Waals surface area contributed by atoms with E-state index in [1.165, 1.54) is 31.2 Å². The number of benzene rings is 1. The molecule has 0 heterocycles. The normalized spacial score (nSPS) is 17.6. The van der Waals surface area contributed by atoms with Gasteiger partial charge in [-0.2, -0.15) is 4.72 Å². The first-order valence-corrected chi connectivity index (χ1v) is 8.14. The number of nitrogens with one attached hydrogen (secondary N) is 1. The Labute approximate surface area is 123 Å². The van der Waals surface area contributed by atoms with Gasteiger partial charge in [0, 0.05) is 5.56 Å². The van der Waals surface area contributed by atoms with E-state index in [4.69, 9.17) is 0 Å². The molecule has 0 aromatic heterocycles. The van der Waals surface area contributed by atoms with E-state index in [0.717, 1.165) is 0 Å². The second-order valence-corrected chi connectivity index (χ2v) is 6.97. The third kappa shape index (κ3) is 3.14. The third-order valence-electron chi connectivity index (χ3n) is 3.75. The van der Waals surface area contributed by atoms with Gasteiger partial charge in [-0.05, 0) is 31.9 Å². The molecule has 1 aliphatic rings. The van der Waals surface area contributed by atoms with Crippen LogP contribution in [0.25, 0.3) is 0 Å². The maximum atomic E-state index is 12.4. The van der Waals surface area contributed by atoms with Crippen LogP contribution in [0.3, 0.4) is 0 Å². The van der Waals surface area contributed by atoms with Crippen molar-refractivity contribution in [3.05, 3.63) is 29.8 Å². The molecular weight excluding hydrogens is 294 g/mol. The van der Waals surface area contributed by atoms with Crippen molar-refractivity contribution in [3.8, 4) is 0 Å². The smallest absolute Gasteiger partial charge is 0.324 e. The number of Topliss-reactive ketones (excluding diaryl/α,β-unsaturated/α-hetero) is 1. The Bertz CT molecular complexity index is 674. The highest BCUT2D eigenvalue weighted by atomic mass is 32.2. The van der Waals surface area contributed by atoms with Crippen LogP contribution in [-0.4, -0.2) is 30.8 Å². The van der Waals surface area contributed by atoms with E-state index in [1.54, 1.807) is 0 Å². The number of hydrogen-bond acceptors (Lipinski definition) is 4. The summed E-state index contributed by atoms with van der Waals surface area (Å²) in [6.45, 7) is 1.34. The Balaban J connectivity index is 2.36. The Kier molecular flexibility index (Phi) is 4.15. The summed E-state index contributed by atoms with van der Waals surface area (Å²) < 4.78 is 27.1. The lowest BCUT2D eigenvalue weighted by molar-refractivity contribution is -0.143. The lowest BCUT2D eigenvalue weighted by Gasteiger charge is -2.25. The minimum atomic E-state index is -3.99. The zero-order chi connectivity index (χ0) is 15.7. The summed E-state index contributed by atoms with van der Waals surface area (Å²) in [5, 5.41) is 9.34. The Hall–Kier alpha value is -1.73. The number of sulfonamides is 1. The van der Waals surface area contributed by atoms with Gasteiger partial charge in [0.2, 0.25) is 10.0 Å². The van der Waals surface area contributed by atoms with Crippen LogP contribution in [0.1, 0.15) is 43.0 Å². The van der Waals surface area contributed by atoms with E-state index in [2.05, 4.69) is 4.72 Å². The van der Waals surface area contributed by atoms with E-state index in [9.17, 15) is 23.1 Å². The number of hydrogen-bond donors (Lipinski definition) is 2. The zero-order valence-electron chi connectivity index (χ0n) is 11.6. The molecule has 0 atom stereocenters. The van der Waals surface area contributed by atoms with Gasteiger partial charge in [0.1, 0.15) is 5.54 Å². The van der Waals surface area contributed by atoms with Crippen LogP contribution in [0.15, 0.2) is 29.2 Å². The molecule has 2 rings (SSSR count). The highest BCUT2D eigenvalue weighted by molar-refractivity contribution is 7.89. The monoisotopic (exact) mass is 311 g/mol. The van der Waals surface area contributed by atoms with Crippen molar-refractivity contribution >= 4 is 21.8 Å². The molecule has 0 aliphatic heterocycles. The topological polar surface area (TPSA) is 101 Å². The molecule has 1 aromatic carbocycles. The van der Waals surface area contributed by atoms with Gasteiger partial charge in [-0.1, -0.05) is 25.0 Å². The van der Waals surface area contributed by atoms with Crippen LogP contribution in [0, 0.1) is 0 Å². The van der Waals surface area contributed by atoms with Gasteiger partial charge >= 0.3 is 5.97 Å². The summed E-state index contributed by atoms with van der Waals surface area (Å²) in [5.74, 6) is -1.41. The van der Waals surface area contributed by atoms with Crippen LogP contribution in [0.2, 0.25) is 0 Å². The second-order valence-electron chi connectivity index (χ2n) is 5.28. The molecule has 0 spiro atoms. The molecule has 1 aromatic rings. The van der Waals surface area contributed by atoms with E-state index >= 15 is 0 Å². The zero-order valence-corrected chi connectivity index (χ0v) is 12.4. The number of carbonyl (C=O) groups is 2. The standard InChI is InChI=1S/C14H17NO5S/c1-10(16)11-5-4-6-12(9-11)21(19,20)15-14(13(17)18)7-2-3-8-14/h4-6,9,15H,2-3,7-8H2,1H3,(H,17,18). The molecule has 0 saturated heterocycles. The number of carboxylic acids is 1. The van der Waals surface area contributed by atoms with E-state index in [-0.39, 0.29) is 29.1 Å². The molecular formula is C14H17NO5S. The number of carbonyl (C=O) groups excluding carboxylic acids is 1. The van der Waals surface area contributed by atoms with Crippen molar-refractivity contribution in [1.29, 1.82) is 0 Å². The molecule has 0 unspecified atom stereocenters. The average Bonchev–Trinajstić information content (AvgIpc) is 2.88. The van der Waals surface area contributed by atoms with Gasteiger partial charge in [0.05, 0.1) is 4.90 Å². The first kappa shape index (κ1) is 15.7. The average molecular weight is 311 g/mol. The van der Waals surface area contributed by atoms with E-state index in [0.29, 0.717) is 12.8 Å². The lowest BCUT2D eigenvalue weighted by Crippen LogP contribution is -2.52. The first-order chi connectivity index (χ1) is 9.77. The SMILES string of the molecule is CC(=O)c1cccc(S(=O)(=O)NC2(C(=O)O)CCCC2)c1. The summed E-state index contributed by atoms with van der Waals surface area (Å²) in [6, 6.07) is 5.59. The Morgan fingerprint density at radius 1 is 1.24 bits per heavy atom. The van der Waals surface area contributed by atoms with E-state index in [1.807, 2.05) is 0 Å². The lowest BCUT2D eigenvalue weighted by atomic mass is 10.0. The van der Waals surface area contributed by atoms with Crippen molar-refractivity contribution in [2.24, 2.45) is 0 Å². The predicted octanol–water partition coefficient (Wildman–Crippen LogP) is 1.56. The fourth-order valence-electron chi connectivity index (χ4n) is 2.54. The molecule has 2 N–H and O–H groups in total. The number of ketones is 1. The molecule has 0 amide bonds. The van der Waals surface area contributed by atoms with Gasteiger partial charge < -0.3 is 5.11 Å². The molecule has 0 bridgehead atoms. The van der Waals surface area contributed by atoms with E-state index < -0.39 is 21.5 Å². The summed E-state index contributed by atoms with van der Waals surface area (Å²) in [4.78, 5) is 22.7. The van der Waals surface area contributed by atoms with Crippen LogP contribution < -0.4 is 4.72 Å². The van der Waals surface area contributed by atoms with Gasteiger partial charge in [-0.15, -0.1) is 0 Å². The van der Waals surface area contributed by atoms with Gasteiger partial charge in [0.15, 0.2) is 5.78 Å². The molecule has 6 nitrogen and oxygen atoms in total. The molecule has 1 fully saturated rings. The quantitative estimate of drug-likeness (QED) is 0.804. The van der Waals surface area contributed by atoms with Crippen molar-refractivity contribution in [2.45, 2.75) is 43.0 Å². The Morgan fingerprint density at radius 3 is 2.38 bits per heavy atom. The van der Waals surface area contributed by atoms with Crippen molar-refractivity contribution < 1.29 is 23.1 Å². The van der Waals surface area contributed by atoms with Gasteiger partial charge in [-0.3, -0.25) is 9.59 Å². The minimum absolute atomic E-state index is 0.0947. The molecule has 21 heavy (non-hydrogen) atoms. The first-order valence-electron chi connectivity index (χ1n) is 6.65. The molecule has 7 heteroatoms. The van der Waals surface area contributed by atoms with Gasteiger partial charge in [0.25, 0.3) is 0 Å². The minimum Gasteiger partial charge on any atom is -0.480 e. The fraction of sp³-hybridized carbons (Fsp3) is 0.429. The predicted molar refractivity (Wildman–Crippen MR) is 75.6 cm³/mol. The fourth-order valence-corrected chi connectivity index (χ4v) is 4.00. The van der Waals surface area contributed by atoms with Crippen molar-refractivity contribution in [1.82, 2.24) is 4.72 Å². The third-order valence-corrected chi connectivity index (χ3v) is 5.28. The molecule has 114 valence electrons. The van der Waals surface area contributed by atoms with Crippen molar-refractivity contribution in [3.63, 3.8) is 0 Å². The van der Waals surface area contributed by atoms with Crippen LogP contribution in [0.5, 0.6) is 0 Å². The highest BCUT2D eigenvalue weighted by Crippen LogP contribution is 2.31. The maximum absolute atomic E-state index is 12.4. The van der Waals surface area contributed by atoms with Crippen LogP contribution >= 0.6 is 0 Å². The molecule has 1 saturated carbocycles. The maximum Gasteiger partial charge on any atom is 0.324 e. The van der Waals surface area contributed by atoms with Crippen molar-refractivity contribution in [2.75, 3.05) is 0 Å². The summed E-state index contributed by atoms with van der Waals surface area (Å²) in [6.07, 6.45) is 1.88. The number of carboxylic acid groups (broad SMARTS) is 1. The number of rotatable bonds is 5. The highest BCUT2D eigenvalue weighted by Gasteiger charge is 2.44. The van der Waals surface area contributed by atoms with Gasteiger partial charge in [-0.25, -0.2) is 8.42 Å². The largest absolute Gasteiger partial charge is 0.480 e. The molecule has 1 aliphatic carbocycles. The second kappa shape index (κ2) is 5.57. The summed E-state index contributed by atoms with van der Waals surface area (Å²) in [7, 11) is -3.99. The molecule has 0 radical (unpaired) electrons. The van der Waals surface area contributed by atoms with Crippen LogP contribution in [-0.2, 0) is 14.8 Å². The summed E-state index contributed by atoms with van der Waals surface area (Å²) >= 11 is 0.